The molecule has 29 heavy (non-hydrogen) atoms. The zero-order valence-corrected chi connectivity index (χ0v) is 17.4. The minimum Gasteiger partial charge on any atom is -0.494 e. The molecule has 1 amide bonds. The molecule has 4 aromatic rings. The third-order valence-electron chi connectivity index (χ3n) is 4.75. The standard InChI is InChI=1S/C21H20N4O3S/c1-5-25-17-7-6-13(8-14(17)22-11(2)21(25)27)20(26)24-15-10-19-16(9-18(15)28-4)23-12(3)29-19/h6-10H,5H2,1-4H3,(H,24,26). The van der Waals surface area contributed by atoms with Crippen molar-refractivity contribution in [2.75, 3.05) is 12.4 Å². The van der Waals surface area contributed by atoms with Crippen LogP contribution in [0.1, 0.15) is 28.0 Å². The van der Waals surface area contributed by atoms with Gasteiger partial charge in [-0.15, -0.1) is 11.3 Å². The SMILES string of the molecule is CCn1c(=O)c(C)nc2cc(C(=O)Nc3cc4sc(C)nc4cc3OC)ccc21. The van der Waals surface area contributed by atoms with Crippen LogP contribution in [-0.2, 0) is 6.54 Å². The summed E-state index contributed by atoms with van der Waals surface area (Å²) in [5.74, 6) is 0.269. The maximum Gasteiger partial charge on any atom is 0.272 e. The first-order valence-electron chi connectivity index (χ1n) is 9.19. The van der Waals surface area contributed by atoms with Gasteiger partial charge in [0.25, 0.3) is 11.5 Å². The first kappa shape index (κ1) is 19.1. The molecule has 148 valence electrons. The van der Waals surface area contributed by atoms with E-state index in [0.717, 1.165) is 15.2 Å². The van der Waals surface area contributed by atoms with Crippen LogP contribution in [0.2, 0.25) is 0 Å². The van der Waals surface area contributed by atoms with Crippen molar-refractivity contribution in [3.63, 3.8) is 0 Å². The Labute approximate surface area is 171 Å². The second-order valence-corrected chi connectivity index (χ2v) is 7.89. The number of ether oxygens (including phenoxy) is 1. The van der Waals surface area contributed by atoms with Gasteiger partial charge in [-0.05, 0) is 45.0 Å². The molecular weight excluding hydrogens is 388 g/mol. The molecule has 7 nitrogen and oxygen atoms in total. The Balaban J connectivity index is 1.73. The maximum absolute atomic E-state index is 12.9. The topological polar surface area (TPSA) is 86.1 Å². The van der Waals surface area contributed by atoms with Crippen molar-refractivity contribution in [1.29, 1.82) is 0 Å². The number of amides is 1. The van der Waals surface area contributed by atoms with Crippen LogP contribution in [0.15, 0.2) is 35.1 Å². The van der Waals surface area contributed by atoms with Crippen molar-refractivity contribution in [1.82, 2.24) is 14.5 Å². The van der Waals surface area contributed by atoms with Gasteiger partial charge in [0, 0.05) is 18.2 Å². The largest absolute Gasteiger partial charge is 0.494 e. The van der Waals surface area contributed by atoms with E-state index in [4.69, 9.17) is 4.74 Å². The molecule has 2 aromatic carbocycles. The average molecular weight is 408 g/mol. The smallest absolute Gasteiger partial charge is 0.272 e. The van der Waals surface area contributed by atoms with Crippen molar-refractivity contribution in [3.8, 4) is 5.75 Å². The summed E-state index contributed by atoms with van der Waals surface area (Å²) in [7, 11) is 1.56. The third-order valence-corrected chi connectivity index (χ3v) is 5.69. The molecule has 0 aliphatic carbocycles. The number of anilines is 1. The number of methoxy groups -OCH3 is 1. The van der Waals surface area contributed by atoms with Gasteiger partial charge in [-0.3, -0.25) is 9.59 Å². The number of nitrogens with zero attached hydrogens (tertiary/aromatic N) is 3. The maximum atomic E-state index is 12.9. The summed E-state index contributed by atoms with van der Waals surface area (Å²) in [5.41, 5.74) is 3.48. The van der Waals surface area contributed by atoms with Gasteiger partial charge in [0.2, 0.25) is 0 Å². The fraction of sp³-hybridized carbons (Fsp3) is 0.238. The first-order chi connectivity index (χ1) is 13.9. The molecule has 1 N–H and O–H groups in total. The fourth-order valence-corrected chi connectivity index (χ4v) is 4.21. The van der Waals surface area contributed by atoms with Crippen LogP contribution in [0, 0.1) is 13.8 Å². The van der Waals surface area contributed by atoms with Crippen molar-refractivity contribution < 1.29 is 9.53 Å². The molecule has 0 bridgehead atoms. The van der Waals surface area contributed by atoms with Crippen LogP contribution in [-0.4, -0.2) is 27.6 Å². The predicted molar refractivity (Wildman–Crippen MR) is 115 cm³/mol. The summed E-state index contributed by atoms with van der Waals surface area (Å²) in [6.45, 7) is 6.06. The monoisotopic (exact) mass is 408 g/mol. The Hall–Kier alpha value is -3.26. The number of carbonyl (C=O) groups excluding carboxylic acids is 1. The molecule has 0 aliphatic rings. The molecule has 8 heteroatoms. The average Bonchev–Trinajstić information content (AvgIpc) is 3.06. The lowest BCUT2D eigenvalue weighted by Gasteiger charge is -2.12. The molecule has 0 aliphatic heterocycles. The predicted octanol–water partition coefficient (Wildman–Crippen LogP) is 3.90. The molecule has 0 spiro atoms. The third kappa shape index (κ3) is 3.36. The molecule has 0 unspecified atom stereocenters. The van der Waals surface area contributed by atoms with E-state index >= 15 is 0 Å². The van der Waals surface area contributed by atoms with E-state index in [2.05, 4.69) is 15.3 Å². The molecular formula is C21H20N4O3S. The van der Waals surface area contributed by atoms with Crippen molar-refractivity contribution in [2.24, 2.45) is 0 Å². The van der Waals surface area contributed by atoms with Crippen LogP contribution in [0.25, 0.3) is 21.3 Å². The van der Waals surface area contributed by atoms with Gasteiger partial charge in [0.05, 0.1) is 39.1 Å². The number of aromatic nitrogens is 3. The first-order valence-corrected chi connectivity index (χ1v) is 10.0. The minimum atomic E-state index is -0.278. The highest BCUT2D eigenvalue weighted by atomic mass is 32.1. The molecule has 0 atom stereocenters. The number of rotatable bonds is 4. The molecule has 0 radical (unpaired) electrons. The zero-order valence-electron chi connectivity index (χ0n) is 16.6. The normalized spacial score (nSPS) is 11.2. The van der Waals surface area contributed by atoms with Gasteiger partial charge in [-0.25, -0.2) is 9.97 Å². The van der Waals surface area contributed by atoms with Crippen molar-refractivity contribution in [2.45, 2.75) is 27.3 Å². The van der Waals surface area contributed by atoms with E-state index < -0.39 is 0 Å². The Morgan fingerprint density at radius 3 is 2.69 bits per heavy atom. The second kappa shape index (κ2) is 7.29. The van der Waals surface area contributed by atoms with Crippen LogP contribution < -0.4 is 15.6 Å². The summed E-state index contributed by atoms with van der Waals surface area (Å²) in [6, 6.07) is 8.84. The Kier molecular flexibility index (Phi) is 4.79. The fourth-order valence-electron chi connectivity index (χ4n) is 3.36. The van der Waals surface area contributed by atoms with Gasteiger partial charge < -0.3 is 14.6 Å². The summed E-state index contributed by atoms with van der Waals surface area (Å²) in [5, 5.41) is 3.86. The molecule has 0 saturated carbocycles. The lowest BCUT2D eigenvalue weighted by molar-refractivity contribution is 0.102. The van der Waals surface area contributed by atoms with E-state index in [1.807, 2.05) is 26.0 Å². The quantitative estimate of drug-likeness (QED) is 0.553. The number of fused-ring (bicyclic) bond motifs is 2. The Morgan fingerprint density at radius 2 is 1.97 bits per heavy atom. The number of hydrogen-bond acceptors (Lipinski definition) is 6. The van der Waals surface area contributed by atoms with Gasteiger partial charge >= 0.3 is 0 Å². The van der Waals surface area contributed by atoms with Gasteiger partial charge in [0.1, 0.15) is 11.4 Å². The zero-order chi connectivity index (χ0) is 20.7. The van der Waals surface area contributed by atoms with Crippen LogP contribution in [0.5, 0.6) is 5.75 Å². The van der Waals surface area contributed by atoms with E-state index in [1.165, 1.54) is 0 Å². The summed E-state index contributed by atoms with van der Waals surface area (Å²) >= 11 is 1.56. The van der Waals surface area contributed by atoms with Gasteiger partial charge in [0.15, 0.2) is 0 Å². The van der Waals surface area contributed by atoms with E-state index in [1.54, 1.807) is 48.1 Å². The van der Waals surface area contributed by atoms with Crippen LogP contribution in [0.3, 0.4) is 0 Å². The highest BCUT2D eigenvalue weighted by Crippen LogP contribution is 2.33. The number of hydrogen-bond donors (Lipinski definition) is 1. The van der Waals surface area contributed by atoms with E-state index in [-0.39, 0.29) is 11.5 Å². The Morgan fingerprint density at radius 1 is 1.17 bits per heavy atom. The highest BCUT2D eigenvalue weighted by Gasteiger charge is 2.15. The molecule has 0 fully saturated rings. The van der Waals surface area contributed by atoms with E-state index in [0.29, 0.717) is 40.3 Å². The number of aryl methyl sites for hydroxylation is 3. The summed E-state index contributed by atoms with van der Waals surface area (Å²) < 4.78 is 8.06. The molecule has 0 saturated heterocycles. The number of nitrogens with one attached hydrogen (secondary N) is 1. The highest BCUT2D eigenvalue weighted by molar-refractivity contribution is 7.18. The van der Waals surface area contributed by atoms with Gasteiger partial charge in [-0.2, -0.15) is 0 Å². The number of thiazole rings is 1. The van der Waals surface area contributed by atoms with Gasteiger partial charge in [-0.1, -0.05) is 0 Å². The van der Waals surface area contributed by atoms with Crippen molar-refractivity contribution >= 4 is 44.2 Å². The Bertz CT molecular complexity index is 1320. The molecule has 2 heterocycles. The van der Waals surface area contributed by atoms with E-state index in [9.17, 15) is 9.59 Å². The summed E-state index contributed by atoms with van der Waals surface area (Å²) in [6.07, 6.45) is 0. The minimum absolute atomic E-state index is 0.116. The van der Waals surface area contributed by atoms with Crippen molar-refractivity contribution in [3.05, 3.63) is 57.0 Å². The van der Waals surface area contributed by atoms with Crippen LogP contribution >= 0.6 is 11.3 Å². The molecule has 4 rings (SSSR count). The molecule has 2 aromatic heterocycles. The van der Waals surface area contributed by atoms with Crippen LogP contribution in [0.4, 0.5) is 5.69 Å². The number of carbonyl (C=O) groups is 1. The number of benzene rings is 2. The lowest BCUT2D eigenvalue weighted by atomic mass is 10.1. The summed E-state index contributed by atoms with van der Waals surface area (Å²) in [4.78, 5) is 34.0. The second-order valence-electron chi connectivity index (χ2n) is 6.66. The lowest BCUT2D eigenvalue weighted by Crippen LogP contribution is -2.23.